The van der Waals surface area contributed by atoms with Crippen molar-refractivity contribution in [3.63, 3.8) is 0 Å². The highest BCUT2D eigenvalue weighted by atomic mass is 16.5. The molecule has 0 spiro atoms. The van der Waals surface area contributed by atoms with Gasteiger partial charge in [-0.15, -0.1) is 0 Å². The van der Waals surface area contributed by atoms with E-state index in [0.717, 1.165) is 17.3 Å². The molecule has 1 heterocycles. The summed E-state index contributed by atoms with van der Waals surface area (Å²) in [6.07, 6.45) is 1.77. The predicted octanol–water partition coefficient (Wildman–Crippen LogP) is 1.36. The van der Waals surface area contributed by atoms with Crippen LogP contribution in [0.3, 0.4) is 0 Å². The molecule has 1 aromatic rings. The normalized spacial score (nSPS) is 11.5. The number of nitrogens with zero attached hydrogens (tertiary/aromatic N) is 3. The molecule has 13 heavy (non-hydrogen) atoms. The number of aromatic nitrogens is 2. The molecular weight excluding hydrogens is 166 g/mol. The molecule has 0 fully saturated rings. The first-order valence-electron chi connectivity index (χ1n) is 4.50. The van der Waals surface area contributed by atoms with Crippen LogP contribution in [0.25, 0.3) is 0 Å². The predicted molar refractivity (Wildman–Crippen MR) is 50.3 cm³/mol. The lowest BCUT2D eigenvalue weighted by Crippen LogP contribution is -2.17. The zero-order valence-electron chi connectivity index (χ0n) is 8.44. The summed E-state index contributed by atoms with van der Waals surface area (Å²) < 4.78 is 1.93. The first-order chi connectivity index (χ1) is 6.09. The minimum absolute atomic E-state index is 0.521. The van der Waals surface area contributed by atoms with E-state index < -0.39 is 0 Å². The van der Waals surface area contributed by atoms with Gasteiger partial charge in [-0.25, -0.2) is 0 Å². The second kappa shape index (κ2) is 4.39. The van der Waals surface area contributed by atoms with Gasteiger partial charge in [0.25, 0.3) is 0 Å². The molecule has 0 aliphatic rings. The molecule has 74 valence electrons. The summed E-state index contributed by atoms with van der Waals surface area (Å²) in [6.45, 7) is 5.71. The van der Waals surface area contributed by atoms with Crippen LogP contribution in [-0.2, 0) is 13.1 Å². The highest BCUT2D eigenvalue weighted by Gasteiger charge is 2.05. The summed E-state index contributed by atoms with van der Waals surface area (Å²) in [5, 5.41) is 14.4. The molecule has 0 radical (unpaired) electrons. The molecule has 0 saturated carbocycles. The summed E-state index contributed by atoms with van der Waals surface area (Å²) in [5.74, 6) is 0.572. The van der Waals surface area contributed by atoms with Gasteiger partial charge in [-0.3, -0.25) is 4.68 Å². The first-order valence-corrected chi connectivity index (χ1v) is 4.50. The van der Waals surface area contributed by atoms with Gasteiger partial charge in [0.05, 0.1) is 12.2 Å². The van der Waals surface area contributed by atoms with Crippen molar-refractivity contribution in [1.29, 1.82) is 0 Å². The van der Waals surface area contributed by atoms with Crippen molar-refractivity contribution in [1.82, 2.24) is 14.8 Å². The highest BCUT2D eigenvalue weighted by Crippen LogP contribution is 2.05. The number of hydroxylamine groups is 2. The first kappa shape index (κ1) is 10.2. The third-order valence-electron chi connectivity index (χ3n) is 1.73. The van der Waals surface area contributed by atoms with Crippen LogP contribution < -0.4 is 0 Å². The molecule has 1 rings (SSSR count). The topological polar surface area (TPSA) is 41.3 Å². The Morgan fingerprint density at radius 2 is 2.31 bits per heavy atom. The van der Waals surface area contributed by atoms with Crippen LogP contribution in [-0.4, -0.2) is 27.1 Å². The highest BCUT2D eigenvalue weighted by molar-refractivity contribution is 4.99. The maximum Gasteiger partial charge on any atom is 0.0655 e. The number of hydrogen-bond donors (Lipinski definition) is 1. The molecule has 0 aliphatic carbocycles. The van der Waals surface area contributed by atoms with Crippen molar-refractivity contribution in [3.8, 4) is 0 Å². The fraction of sp³-hybridized carbons (Fsp3) is 0.667. The molecule has 1 aromatic heterocycles. The van der Waals surface area contributed by atoms with E-state index in [0.29, 0.717) is 12.5 Å². The SMILES string of the molecule is CC(C)Cn1nccc1CN(C)O. The minimum atomic E-state index is 0.521. The molecule has 0 aliphatic heterocycles. The van der Waals surface area contributed by atoms with Gasteiger partial charge in [-0.05, 0) is 12.0 Å². The summed E-state index contributed by atoms with van der Waals surface area (Å²) in [7, 11) is 1.63. The van der Waals surface area contributed by atoms with Gasteiger partial charge in [0.2, 0.25) is 0 Å². The Morgan fingerprint density at radius 1 is 1.62 bits per heavy atom. The lowest BCUT2D eigenvalue weighted by atomic mass is 10.2. The third kappa shape index (κ3) is 3.16. The van der Waals surface area contributed by atoms with E-state index in [1.165, 1.54) is 0 Å². The zero-order chi connectivity index (χ0) is 9.84. The lowest BCUT2D eigenvalue weighted by molar-refractivity contribution is -0.0750. The smallest absolute Gasteiger partial charge is 0.0655 e. The second-order valence-electron chi connectivity index (χ2n) is 3.71. The third-order valence-corrected chi connectivity index (χ3v) is 1.73. The van der Waals surface area contributed by atoms with Crippen LogP contribution in [0.2, 0.25) is 0 Å². The Hall–Kier alpha value is -0.870. The number of rotatable bonds is 4. The van der Waals surface area contributed by atoms with Gasteiger partial charge in [0, 0.05) is 19.8 Å². The van der Waals surface area contributed by atoms with Gasteiger partial charge in [-0.1, -0.05) is 13.8 Å². The Bertz CT molecular complexity index is 231. The quantitative estimate of drug-likeness (QED) is 0.717. The van der Waals surface area contributed by atoms with E-state index >= 15 is 0 Å². The van der Waals surface area contributed by atoms with Crippen LogP contribution in [0, 0.1) is 5.92 Å². The molecule has 4 nitrogen and oxygen atoms in total. The summed E-state index contributed by atoms with van der Waals surface area (Å²) in [4.78, 5) is 0. The average molecular weight is 183 g/mol. The van der Waals surface area contributed by atoms with Crippen molar-refractivity contribution in [2.75, 3.05) is 7.05 Å². The van der Waals surface area contributed by atoms with Crippen LogP contribution in [0.5, 0.6) is 0 Å². The van der Waals surface area contributed by atoms with E-state index in [-0.39, 0.29) is 0 Å². The molecule has 0 bridgehead atoms. The fourth-order valence-corrected chi connectivity index (χ4v) is 1.24. The van der Waals surface area contributed by atoms with Crippen molar-refractivity contribution in [2.24, 2.45) is 5.92 Å². The van der Waals surface area contributed by atoms with Gasteiger partial charge < -0.3 is 5.21 Å². The molecule has 0 unspecified atom stereocenters. The minimum Gasteiger partial charge on any atom is -0.314 e. The van der Waals surface area contributed by atoms with Gasteiger partial charge in [0.1, 0.15) is 0 Å². The van der Waals surface area contributed by atoms with Crippen LogP contribution in [0.15, 0.2) is 12.3 Å². The average Bonchev–Trinajstić information content (AvgIpc) is 2.34. The maximum atomic E-state index is 9.07. The number of hydrogen-bond acceptors (Lipinski definition) is 3. The maximum absolute atomic E-state index is 9.07. The van der Waals surface area contributed by atoms with Crippen molar-refractivity contribution in [3.05, 3.63) is 18.0 Å². The molecular formula is C9H17N3O. The van der Waals surface area contributed by atoms with Gasteiger partial charge in [0.15, 0.2) is 0 Å². The summed E-state index contributed by atoms with van der Waals surface area (Å²) >= 11 is 0. The fourth-order valence-electron chi connectivity index (χ4n) is 1.24. The molecule has 0 saturated heterocycles. The van der Waals surface area contributed by atoms with Crippen molar-refractivity contribution in [2.45, 2.75) is 26.9 Å². The summed E-state index contributed by atoms with van der Waals surface area (Å²) in [6, 6.07) is 1.93. The van der Waals surface area contributed by atoms with E-state index in [9.17, 15) is 0 Å². The Kier molecular flexibility index (Phi) is 3.45. The van der Waals surface area contributed by atoms with Crippen LogP contribution in [0.1, 0.15) is 19.5 Å². The molecule has 0 atom stereocenters. The molecule has 0 amide bonds. The molecule has 4 heteroatoms. The van der Waals surface area contributed by atoms with E-state index in [4.69, 9.17) is 5.21 Å². The standard InChI is InChI=1S/C9H17N3O/c1-8(2)6-12-9(4-5-10-12)7-11(3)13/h4-5,8,13H,6-7H2,1-3H3. The van der Waals surface area contributed by atoms with Gasteiger partial charge in [-0.2, -0.15) is 10.2 Å². The Morgan fingerprint density at radius 3 is 2.85 bits per heavy atom. The largest absolute Gasteiger partial charge is 0.314 e. The Labute approximate surface area is 78.7 Å². The van der Waals surface area contributed by atoms with Crippen LogP contribution >= 0.6 is 0 Å². The summed E-state index contributed by atoms with van der Waals surface area (Å²) in [5.41, 5.74) is 1.04. The van der Waals surface area contributed by atoms with E-state index in [2.05, 4.69) is 18.9 Å². The lowest BCUT2D eigenvalue weighted by Gasteiger charge is -2.12. The van der Waals surface area contributed by atoms with E-state index in [1.807, 2.05) is 10.7 Å². The zero-order valence-corrected chi connectivity index (χ0v) is 8.44. The Balaban J connectivity index is 2.65. The molecule has 1 N–H and O–H groups in total. The second-order valence-corrected chi connectivity index (χ2v) is 3.71. The molecule has 0 aromatic carbocycles. The monoisotopic (exact) mass is 183 g/mol. The van der Waals surface area contributed by atoms with E-state index in [1.54, 1.807) is 13.2 Å². The van der Waals surface area contributed by atoms with Crippen molar-refractivity contribution >= 4 is 0 Å². The van der Waals surface area contributed by atoms with Crippen LogP contribution in [0.4, 0.5) is 0 Å². The van der Waals surface area contributed by atoms with Crippen molar-refractivity contribution < 1.29 is 5.21 Å². The van der Waals surface area contributed by atoms with Gasteiger partial charge >= 0.3 is 0 Å².